The Kier molecular flexibility index (Phi) is 19.0. The van der Waals surface area contributed by atoms with Crippen LogP contribution in [0.4, 0.5) is 0 Å². The van der Waals surface area contributed by atoms with Crippen LogP contribution in [0, 0.1) is 13.8 Å². The monoisotopic (exact) mass is 1170 g/mol. The number of hydrogen-bond acceptors (Lipinski definition) is 12. The van der Waals surface area contributed by atoms with E-state index in [4.69, 9.17) is 37.9 Å². The van der Waals surface area contributed by atoms with Gasteiger partial charge in [-0.3, -0.25) is 0 Å². The third-order valence-corrected chi connectivity index (χ3v) is 17.1. The Bertz CT molecular complexity index is 3360. The minimum atomic E-state index is -1.80. The number of carbonyl (C=O) groups excluding carboxylic acids is 2. The number of thiophene rings is 1. The second-order valence-electron chi connectivity index (χ2n) is 21.5. The number of benzene rings is 8. The molecule has 86 heavy (non-hydrogen) atoms. The van der Waals surface area contributed by atoms with Crippen LogP contribution in [0.15, 0.2) is 248 Å². The molecule has 440 valence electrons. The van der Waals surface area contributed by atoms with Gasteiger partial charge in [-0.1, -0.05) is 248 Å². The van der Waals surface area contributed by atoms with Crippen LogP contribution >= 0.6 is 11.3 Å². The number of esters is 2. The first-order valence-electron chi connectivity index (χ1n) is 28.8. The molecule has 0 amide bonds. The lowest BCUT2D eigenvalue weighted by atomic mass is 9.75. The maximum absolute atomic E-state index is 13.0. The Hall–Kier alpha value is -8.37. The number of carboxylic acid groups (broad SMARTS) is 1. The number of rotatable bonds is 14. The summed E-state index contributed by atoms with van der Waals surface area (Å²) < 4.78 is 48.0. The van der Waals surface area contributed by atoms with E-state index in [1.165, 1.54) is 11.3 Å². The van der Waals surface area contributed by atoms with Gasteiger partial charge in [-0.2, -0.15) is 0 Å². The average molecular weight is 1170 g/mol. The fraction of sp³-hybridized carbons (Fsp3) is 0.247. The molecule has 12 nitrogen and oxygen atoms in total. The fourth-order valence-corrected chi connectivity index (χ4v) is 12.1. The maximum Gasteiger partial charge on any atom is 0.372 e. The highest BCUT2D eigenvalue weighted by molar-refractivity contribution is 7.10. The third-order valence-electron chi connectivity index (χ3n) is 16.2. The second-order valence-corrected chi connectivity index (χ2v) is 22.4. The van der Waals surface area contributed by atoms with E-state index in [0.717, 1.165) is 44.5 Å². The molecule has 3 aliphatic rings. The summed E-state index contributed by atoms with van der Waals surface area (Å²) in [6, 6.07) is 79.1. The van der Waals surface area contributed by atoms with Gasteiger partial charge < -0.3 is 43.0 Å². The molecule has 3 fully saturated rings. The van der Waals surface area contributed by atoms with Crippen molar-refractivity contribution in [1.82, 2.24) is 0 Å². The van der Waals surface area contributed by atoms with Crippen molar-refractivity contribution in [2.24, 2.45) is 0 Å². The van der Waals surface area contributed by atoms with E-state index in [0.29, 0.717) is 29.2 Å². The van der Waals surface area contributed by atoms with Gasteiger partial charge in [0.05, 0.1) is 74.0 Å². The predicted octanol–water partition coefficient (Wildman–Crippen LogP) is 13.5. The highest BCUT2D eigenvalue weighted by Crippen LogP contribution is 2.47. The lowest BCUT2D eigenvalue weighted by Crippen LogP contribution is -2.55. The van der Waals surface area contributed by atoms with E-state index in [1.807, 2.05) is 201 Å². The Morgan fingerprint density at radius 2 is 0.628 bits per heavy atom. The van der Waals surface area contributed by atoms with Crippen LogP contribution in [-0.2, 0) is 85.9 Å². The maximum atomic E-state index is 13.0. The van der Waals surface area contributed by atoms with Crippen LogP contribution < -0.4 is 0 Å². The Labute approximate surface area is 506 Å². The van der Waals surface area contributed by atoms with E-state index in [1.54, 1.807) is 26.0 Å². The van der Waals surface area contributed by atoms with E-state index < -0.39 is 51.5 Å². The minimum Gasteiger partial charge on any atom is -0.477 e. The predicted molar refractivity (Wildman–Crippen MR) is 329 cm³/mol. The smallest absolute Gasteiger partial charge is 0.372 e. The summed E-state index contributed by atoms with van der Waals surface area (Å²) in [6.45, 7) is 9.60. The fourth-order valence-electron chi connectivity index (χ4n) is 11.3. The summed E-state index contributed by atoms with van der Waals surface area (Å²) in [6.07, 6.45) is 0. The molecule has 3 saturated heterocycles. The molecule has 13 heteroatoms. The number of ether oxygens (including phenoxy) is 8. The molecule has 4 heterocycles. The molecule has 0 radical (unpaired) electrons. The normalized spacial score (nSPS) is 17.6. The van der Waals surface area contributed by atoms with Gasteiger partial charge in [0, 0.05) is 11.1 Å². The number of aliphatic carboxylic acids is 1. The molecule has 12 rings (SSSR count). The van der Waals surface area contributed by atoms with Gasteiger partial charge in [0.15, 0.2) is 0 Å². The molecule has 0 atom stereocenters. The van der Waals surface area contributed by atoms with Crippen LogP contribution in [0.2, 0.25) is 0 Å². The lowest BCUT2D eigenvalue weighted by molar-refractivity contribution is -0.290. The Morgan fingerprint density at radius 3 is 0.895 bits per heavy atom. The molecule has 9 aromatic rings. The second kappa shape index (κ2) is 26.9. The molecule has 1 aromatic heterocycles. The third kappa shape index (κ3) is 12.1. The van der Waals surface area contributed by atoms with Gasteiger partial charge in [-0.25, -0.2) is 14.4 Å². The minimum absolute atomic E-state index is 0.196. The van der Waals surface area contributed by atoms with Crippen LogP contribution in [-0.4, -0.2) is 75.9 Å². The average Bonchev–Trinajstić information content (AvgIpc) is 0.960. The molecule has 0 saturated carbocycles. The summed E-state index contributed by atoms with van der Waals surface area (Å²) in [5, 5.41) is 11.9. The van der Waals surface area contributed by atoms with Crippen molar-refractivity contribution in [2.45, 2.75) is 61.3 Å². The molecule has 1 N–H and O–H groups in total. The SMILES string of the molecule is CCOC(=O)C1(c2ccc(C)cc2)OCC(c2ccccc2)(c2ccccc2)CO1.CCOC(=O)C1(c2cccs2)OCC(c2ccccc2)(c2ccccc2)CO1.Cc1ccc(C2(C(=O)O)OCC(c3ccccc3)(c3ccccc3)CO2)cc1. The van der Waals surface area contributed by atoms with Gasteiger partial charge in [0.2, 0.25) is 0 Å². The Morgan fingerprint density at radius 1 is 0.360 bits per heavy atom. The number of carbonyl (C=O) groups is 3. The summed E-state index contributed by atoms with van der Waals surface area (Å²) in [7, 11) is 0. The van der Waals surface area contributed by atoms with E-state index in [2.05, 4.69) is 48.5 Å². The summed E-state index contributed by atoms with van der Waals surface area (Å²) in [5.74, 6) is -7.07. The van der Waals surface area contributed by atoms with Gasteiger partial charge in [0.1, 0.15) is 0 Å². The number of aryl methyl sites for hydroxylation is 2. The van der Waals surface area contributed by atoms with E-state index in [-0.39, 0.29) is 39.6 Å². The summed E-state index contributed by atoms with van der Waals surface area (Å²) in [5.41, 5.74) is 8.06. The topological polar surface area (TPSA) is 145 Å². The van der Waals surface area contributed by atoms with E-state index >= 15 is 0 Å². The quantitative estimate of drug-likeness (QED) is 0.103. The van der Waals surface area contributed by atoms with Crippen molar-refractivity contribution < 1.29 is 57.4 Å². The highest BCUT2D eigenvalue weighted by Gasteiger charge is 2.56. The molecular weight excluding hydrogens is 1100 g/mol. The van der Waals surface area contributed by atoms with Crippen LogP contribution in [0.5, 0.6) is 0 Å². The van der Waals surface area contributed by atoms with Crippen molar-refractivity contribution >= 4 is 29.2 Å². The molecule has 8 aromatic carbocycles. The number of carboxylic acids is 1. The van der Waals surface area contributed by atoms with Crippen molar-refractivity contribution in [3.63, 3.8) is 0 Å². The van der Waals surface area contributed by atoms with Crippen LogP contribution in [0.3, 0.4) is 0 Å². The summed E-state index contributed by atoms with van der Waals surface area (Å²) in [4.78, 5) is 38.7. The Balaban J connectivity index is 0.000000143. The summed E-state index contributed by atoms with van der Waals surface area (Å²) >= 11 is 1.42. The zero-order valence-corrected chi connectivity index (χ0v) is 49.5. The highest BCUT2D eigenvalue weighted by atomic mass is 32.1. The zero-order valence-electron chi connectivity index (χ0n) is 48.7. The van der Waals surface area contributed by atoms with Gasteiger partial charge in [-0.05, 0) is 72.5 Å². The molecule has 0 bridgehead atoms. The molecule has 0 unspecified atom stereocenters. The van der Waals surface area contributed by atoms with Gasteiger partial charge in [-0.15, -0.1) is 11.3 Å². The standard InChI is InChI=1S/C26H26O4.C24H22O4.C23H22O4S/c1-3-28-24(27)26(23-16-14-20(2)15-17-23)29-18-25(19-30-26,21-10-6-4-7-11-21)22-12-8-5-9-13-22;1-18-12-14-21(15-13-18)24(22(25)26)27-16-23(17-28-24,19-8-4-2-5-9-19)20-10-6-3-7-11-20;1-2-25-21(24)23(20-14-9-15-28-20)26-16-22(17-27-23,18-10-5-3-6-11-18)19-12-7-4-8-13-19/h4-17H,3,18-19H2,1-2H3;2-15H,16-17H2,1H3,(H,25,26);3-15H,2,16-17H2,1H3. The number of hydrogen-bond donors (Lipinski definition) is 1. The zero-order chi connectivity index (χ0) is 60.1. The van der Waals surface area contributed by atoms with Crippen LogP contribution in [0.1, 0.15) is 74.4 Å². The van der Waals surface area contributed by atoms with Crippen LogP contribution in [0.25, 0.3) is 0 Å². The van der Waals surface area contributed by atoms with Crippen molar-refractivity contribution in [2.75, 3.05) is 52.9 Å². The first kappa shape index (κ1) is 60.7. The van der Waals surface area contributed by atoms with Crippen molar-refractivity contribution in [3.05, 3.63) is 309 Å². The molecular formula is C73H70O12S. The molecule has 0 aliphatic carbocycles. The largest absolute Gasteiger partial charge is 0.477 e. The first-order chi connectivity index (χ1) is 41.9. The van der Waals surface area contributed by atoms with Gasteiger partial charge >= 0.3 is 23.7 Å². The van der Waals surface area contributed by atoms with Crippen molar-refractivity contribution in [1.29, 1.82) is 0 Å². The molecule has 0 spiro atoms. The lowest BCUT2D eigenvalue weighted by Gasteiger charge is -2.45. The van der Waals surface area contributed by atoms with Gasteiger partial charge in [0.25, 0.3) is 11.6 Å². The first-order valence-corrected chi connectivity index (χ1v) is 29.7. The molecule has 3 aliphatic heterocycles. The van der Waals surface area contributed by atoms with E-state index in [9.17, 15) is 19.5 Å². The van der Waals surface area contributed by atoms with Crippen molar-refractivity contribution in [3.8, 4) is 0 Å².